The number of hydrogen-bond acceptors (Lipinski definition) is 3. The zero-order valence-corrected chi connectivity index (χ0v) is 18.7. The fourth-order valence-corrected chi connectivity index (χ4v) is 5.57. The number of carbonyl (C=O) groups is 1. The third-order valence-electron chi connectivity index (χ3n) is 7.45. The van der Waals surface area contributed by atoms with Gasteiger partial charge in [0, 0.05) is 44.1 Å². The number of carbonyl (C=O) groups excluding carboxylic acids is 1. The standard InChI is InChI=1S/C28H32N2O2/c31-27(28(12-17-32-18-13-28)26-6-2-1-3-7-26)30-15-4-5-22(11-16-30)19-23-8-9-24-10-14-29-21-25(24)20-23/h1-3,6-10,14,20-22H,4-5,11-13,15-19H2. The number of rotatable bonds is 4. The van der Waals surface area contributed by atoms with Gasteiger partial charge >= 0.3 is 0 Å². The molecule has 0 bridgehead atoms. The number of nitrogens with zero attached hydrogens (tertiary/aromatic N) is 2. The first-order valence-electron chi connectivity index (χ1n) is 12.0. The molecule has 166 valence electrons. The molecule has 2 aliphatic rings. The van der Waals surface area contributed by atoms with Crippen LogP contribution >= 0.6 is 0 Å². The lowest BCUT2D eigenvalue weighted by Crippen LogP contribution is -2.50. The number of amides is 1. The van der Waals surface area contributed by atoms with Gasteiger partial charge in [-0.1, -0.05) is 42.5 Å². The molecule has 0 N–H and O–H groups in total. The highest BCUT2D eigenvalue weighted by Crippen LogP contribution is 2.37. The summed E-state index contributed by atoms with van der Waals surface area (Å²) < 4.78 is 5.65. The van der Waals surface area contributed by atoms with E-state index in [0.29, 0.717) is 25.0 Å². The van der Waals surface area contributed by atoms with E-state index in [2.05, 4.69) is 58.4 Å². The van der Waals surface area contributed by atoms with Crippen molar-refractivity contribution < 1.29 is 9.53 Å². The molecule has 3 heterocycles. The summed E-state index contributed by atoms with van der Waals surface area (Å²) in [5.41, 5.74) is 2.10. The quantitative estimate of drug-likeness (QED) is 0.577. The van der Waals surface area contributed by atoms with Crippen molar-refractivity contribution >= 4 is 16.7 Å². The minimum atomic E-state index is -0.426. The molecule has 32 heavy (non-hydrogen) atoms. The smallest absolute Gasteiger partial charge is 0.233 e. The Morgan fingerprint density at radius 3 is 2.69 bits per heavy atom. The van der Waals surface area contributed by atoms with Crippen LogP contribution in [0.5, 0.6) is 0 Å². The van der Waals surface area contributed by atoms with Crippen LogP contribution in [-0.2, 0) is 21.4 Å². The topological polar surface area (TPSA) is 42.4 Å². The van der Waals surface area contributed by atoms with E-state index in [1.165, 1.54) is 22.8 Å². The Kier molecular flexibility index (Phi) is 6.22. The molecule has 1 atom stereocenters. The fourth-order valence-electron chi connectivity index (χ4n) is 5.57. The van der Waals surface area contributed by atoms with Gasteiger partial charge in [-0.15, -0.1) is 0 Å². The first-order chi connectivity index (χ1) is 15.7. The van der Waals surface area contributed by atoms with E-state index < -0.39 is 5.41 Å². The highest BCUT2D eigenvalue weighted by atomic mass is 16.5. The molecular formula is C28H32N2O2. The Bertz CT molecular complexity index is 1060. The van der Waals surface area contributed by atoms with Gasteiger partial charge in [0.05, 0.1) is 5.41 Å². The van der Waals surface area contributed by atoms with Crippen LogP contribution in [0.4, 0.5) is 0 Å². The van der Waals surface area contributed by atoms with Crippen molar-refractivity contribution in [1.29, 1.82) is 0 Å². The van der Waals surface area contributed by atoms with E-state index in [-0.39, 0.29) is 0 Å². The van der Waals surface area contributed by atoms with Crippen molar-refractivity contribution in [3.05, 3.63) is 78.1 Å². The van der Waals surface area contributed by atoms with Crippen LogP contribution in [0, 0.1) is 5.92 Å². The van der Waals surface area contributed by atoms with Crippen molar-refractivity contribution in [3.8, 4) is 0 Å². The van der Waals surface area contributed by atoms with Crippen LogP contribution in [0.3, 0.4) is 0 Å². The summed E-state index contributed by atoms with van der Waals surface area (Å²) in [5, 5.41) is 2.45. The van der Waals surface area contributed by atoms with Crippen LogP contribution < -0.4 is 0 Å². The van der Waals surface area contributed by atoms with Crippen LogP contribution in [0.15, 0.2) is 67.0 Å². The van der Waals surface area contributed by atoms with Gasteiger partial charge in [-0.3, -0.25) is 9.78 Å². The van der Waals surface area contributed by atoms with Crippen LogP contribution in [0.2, 0.25) is 0 Å². The first kappa shape index (κ1) is 21.1. The van der Waals surface area contributed by atoms with Crippen molar-refractivity contribution in [1.82, 2.24) is 9.88 Å². The number of fused-ring (bicyclic) bond motifs is 1. The van der Waals surface area contributed by atoms with Gasteiger partial charge in [0.1, 0.15) is 0 Å². The Morgan fingerprint density at radius 1 is 1.00 bits per heavy atom. The lowest BCUT2D eigenvalue weighted by atomic mass is 9.73. The van der Waals surface area contributed by atoms with Crippen molar-refractivity contribution in [2.24, 2.45) is 5.92 Å². The molecule has 4 nitrogen and oxygen atoms in total. The predicted octanol–water partition coefficient (Wildman–Crippen LogP) is 5.15. The number of likely N-dealkylation sites (tertiary alicyclic amines) is 1. The van der Waals surface area contributed by atoms with E-state index in [9.17, 15) is 4.79 Å². The van der Waals surface area contributed by atoms with Gasteiger partial charge in [0.25, 0.3) is 0 Å². The summed E-state index contributed by atoms with van der Waals surface area (Å²) in [5.74, 6) is 0.925. The average Bonchev–Trinajstić information content (AvgIpc) is 3.10. The molecule has 2 aromatic carbocycles. The molecule has 1 aromatic heterocycles. The Labute approximate surface area is 190 Å². The van der Waals surface area contributed by atoms with Gasteiger partial charge in [-0.2, -0.15) is 0 Å². The molecule has 0 aliphatic carbocycles. The molecular weight excluding hydrogens is 396 g/mol. The number of aromatic nitrogens is 1. The van der Waals surface area contributed by atoms with E-state index in [0.717, 1.165) is 50.8 Å². The van der Waals surface area contributed by atoms with E-state index in [1.807, 2.05) is 18.5 Å². The maximum atomic E-state index is 13.9. The number of pyridine rings is 1. The third kappa shape index (κ3) is 4.29. The maximum absolute atomic E-state index is 13.9. The molecule has 2 saturated heterocycles. The second-order valence-corrected chi connectivity index (χ2v) is 9.41. The molecule has 0 spiro atoms. The largest absolute Gasteiger partial charge is 0.381 e. The zero-order valence-electron chi connectivity index (χ0n) is 18.7. The van der Waals surface area contributed by atoms with Crippen molar-refractivity contribution in [2.75, 3.05) is 26.3 Å². The van der Waals surface area contributed by atoms with Crippen LogP contribution in [-0.4, -0.2) is 42.1 Å². The molecule has 0 radical (unpaired) electrons. The Hall–Kier alpha value is -2.72. The van der Waals surface area contributed by atoms with Crippen molar-refractivity contribution in [2.45, 2.75) is 43.9 Å². The van der Waals surface area contributed by atoms with Crippen molar-refractivity contribution in [3.63, 3.8) is 0 Å². The normalized spacial score (nSPS) is 21.2. The van der Waals surface area contributed by atoms with E-state index in [1.54, 1.807) is 0 Å². The van der Waals surface area contributed by atoms with Gasteiger partial charge in [0.15, 0.2) is 0 Å². The highest BCUT2D eigenvalue weighted by Gasteiger charge is 2.44. The van der Waals surface area contributed by atoms with Gasteiger partial charge in [-0.25, -0.2) is 0 Å². The summed E-state index contributed by atoms with van der Waals surface area (Å²) in [6, 6.07) is 19.2. The highest BCUT2D eigenvalue weighted by molar-refractivity contribution is 5.88. The Balaban J connectivity index is 1.29. The number of ether oxygens (including phenoxy) is 1. The maximum Gasteiger partial charge on any atom is 0.233 e. The molecule has 1 amide bonds. The fraction of sp³-hybridized carbons (Fsp3) is 0.429. The molecule has 2 aliphatic heterocycles. The summed E-state index contributed by atoms with van der Waals surface area (Å²) in [4.78, 5) is 20.3. The van der Waals surface area contributed by atoms with Crippen LogP contribution in [0.25, 0.3) is 10.8 Å². The zero-order chi connectivity index (χ0) is 21.8. The molecule has 1 unspecified atom stereocenters. The minimum absolute atomic E-state index is 0.310. The SMILES string of the molecule is O=C(N1CCCC(Cc2ccc3ccncc3c2)CC1)C1(c2ccccc2)CCOCC1. The monoisotopic (exact) mass is 428 g/mol. The molecule has 3 aromatic rings. The van der Waals surface area contributed by atoms with Crippen LogP contribution in [0.1, 0.15) is 43.2 Å². The second kappa shape index (κ2) is 9.41. The lowest BCUT2D eigenvalue weighted by molar-refractivity contribution is -0.141. The van der Waals surface area contributed by atoms with Gasteiger partial charge < -0.3 is 9.64 Å². The second-order valence-electron chi connectivity index (χ2n) is 9.41. The predicted molar refractivity (Wildman–Crippen MR) is 128 cm³/mol. The minimum Gasteiger partial charge on any atom is -0.381 e. The Morgan fingerprint density at radius 2 is 1.84 bits per heavy atom. The van der Waals surface area contributed by atoms with Gasteiger partial charge in [0.2, 0.25) is 5.91 Å². The van der Waals surface area contributed by atoms with E-state index in [4.69, 9.17) is 4.74 Å². The van der Waals surface area contributed by atoms with E-state index >= 15 is 0 Å². The molecule has 4 heteroatoms. The number of benzene rings is 2. The summed E-state index contributed by atoms with van der Waals surface area (Å²) in [7, 11) is 0. The number of hydrogen-bond donors (Lipinski definition) is 0. The first-order valence-corrected chi connectivity index (χ1v) is 12.0. The molecule has 0 saturated carbocycles. The van der Waals surface area contributed by atoms with Gasteiger partial charge in [-0.05, 0) is 73.1 Å². The third-order valence-corrected chi connectivity index (χ3v) is 7.45. The summed E-state index contributed by atoms with van der Waals surface area (Å²) >= 11 is 0. The lowest BCUT2D eigenvalue weighted by Gasteiger charge is -2.40. The average molecular weight is 429 g/mol. The molecule has 5 rings (SSSR count). The summed E-state index contributed by atoms with van der Waals surface area (Å²) in [6.45, 7) is 3.04. The molecule has 2 fully saturated rings. The summed E-state index contributed by atoms with van der Waals surface area (Å²) in [6.07, 6.45) is 9.75.